The number of hydrogen-bond donors (Lipinski definition) is 0. The standard InChI is InChI=1S/C23H22ClFN2O3/c24-21-4-2-1-3-17(21)15-30-23-16-29-20(13-22(23)28)14-26-9-11-27(12-10-26)19-7-5-18(25)6-8-19/h1-8,13,16H,9-12,14-15H2. The van der Waals surface area contributed by atoms with Crippen molar-refractivity contribution in [3.8, 4) is 5.75 Å². The Balaban J connectivity index is 1.31. The topological polar surface area (TPSA) is 45.9 Å². The van der Waals surface area contributed by atoms with Gasteiger partial charge in [-0.3, -0.25) is 9.69 Å². The van der Waals surface area contributed by atoms with E-state index >= 15 is 0 Å². The maximum Gasteiger partial charge on any atom is 0.227 e. The fourth-order valence-electron chi connectivity index (χ4n) is 3.43. The predicted molar refractivity (Wildman–Crippen MR) is 115 cm³/mol. The molecule has 156 valence electrons. The fraction of sp³-hybridized carbons (Fsp3) is 0.261. The molecule has 1 aliphatic heterocycles. The summed E-state index contributed by atoms with van der Waals surface area (Å²) in [6.45, 7) is 4.06. The van der Waals surface area contributed by atoms with Crippen molar-refractivity contribution in [3.63, 3.8) is 0 Å². The Morgan fingerprint density at radius 1 is 1.03 bits per heavy atom. The Kier molecular flexibility index (Phi) is 6.35. The zero-order valence-corrected chi connectivity index (χ0v) is 17.1. The van der Waals surface area contributed by atoms with Crippen LogP contribution in [0.3, 0.4) is 0 Å². The Labute approximate surface area is 179 Å². The summed E-state index contributed by atoms with van der Waals surface area (Å²) in [6.07, 6.45) is 1.36. The van der Waals surface area contributed by atoms with E-state index in [4.69, 9.17) is 20.8 Å². The number of ether oxygens (including phenoxy) is 1. The van der Waals surface area contributed by atoms with Crippen LogP contribution in [-0.4, -0.2) is 31.1 Å². The lowest BCUT2D eigenvalue weighted by molar-refractivity contribution is 0.224. The first-order chi connectivity index (χ1) is 14.6. The first-order valence-corrected chi connectivity index (χ1v) is 10.2. The molecule has 2 heterocycles. The van der Waals surface area contributed by atoms with Gasteiger partial charge in [0.05, 0.1) is 6.54 Å². The maximum absolute atomic E-state index is 13.1. The van der Waals surface area contributed by atoms with Crippen molar-refractivity contribution < 1.29 is 13.5 Å². The van der Waals surface area contributed by atoms with E-state index in [1.807, 2.05) is 18.2 Å². The van der Waals surface area contributed by atoms with E-state index in [9.17, 15) is 9.18 Å². The van der Waals surface area contributed by atoms with Crippen LogP contribution in [0.4, 0.5) is 10.1 Å². The summed E-state index contributed by atoms with van der Waals surface area (Å²) in [5.41, 5.74) is 1.61. The highest BCUT2D eigenvalue weighted by Crippen LogP contribution is 2.19. The largest absolute Gasteiger partial charge is 0.482 e. The van der Waals surface area contributed by atoms with Crippen LogP contribution in [0.15, 0.2) is 70.1 Å². The molecule has 0 radical (unpaired) electrons. The molecule has 1 aliphatic rings. The van der Waals surface area contributed by atoms with Gasteiger partial charge in [-0.25, -0.2) is 4.39 Å². The van der Waals surface area contributed by atoms with Gasteiger partial charge >= 0.3 is 0 Å². The van der Waals surface area contributed by atoms with E-state index in [-0.39, 0.29) is 23.6 Å². The maximum atomic E-state index is 13.1. The number of nitrogens with zero attached hydrogens (tertiary/aromatic N) is 2. The molecule has 0 spiro atoms. The molecular formula is C23H22ClFN2O3. The van der Waals surface area contributed by atoms with Crippen molar-refractivity contribution in [2.45, 2.75) is 13.2 Å². The molecule has 7 heteroatoms. The number of anilines is 1. The van der Waals surface area contributed by atoms with Gasteiger partial charge < -0.3 is 14.1 Å². The average Bonchev–Trinajstić information content (AvgIpc) is 2.75. The van der Waals surface area contributed by atoms with Crippen LogP contribution in [0.1, 0.15) is 11.3 Å². The summed E-state index contributed by atoms with van der Waals surface area (Å²) in [5.74, 6) is 0.534. The van der Waals surface area contributed by atoms with Gasteiger partial charge in [0.2, 0.25) is 11.2 Å². The normalized spacial score (nSPS) is 14.7. The molecule has 1 fully saturated rings. The zero-order valence-electron chi connectivity index (χ0n) is 16.4. The van der Waals surface area contributed by atoms with Gasteiger partial charge in [0.15, 0.2) is 0 Å². The third-order valence-corrected chi connectivity index (χ3v) is 5.51. The second-order valence-corrected chi connectivity index (χ2v) is 7.60. The number of hydrogen-bond acceptors (Lipinski definition) is 5. The van der Waals surface area contributed by atoms with Gasteiger partial charge in [-0.1, -0.05) is 29.8 Å². The summed E-state index contributed by atoms with van der Waals surface area (Å²) in [6, 6.07) is 15.4. The molecule has 0 unspecified atom stereocenters. The summed E-state index contributed by atoms with van der Waals surface area (Å²) < 4.78 is 24.3. The SMILES string of the molecule is O=c1cc(CN2CCN(c3ccc(F)cc3)CC2)occ1OCc1ccccc1Cl. The second kappa shape index (κ2) is 9.32. The molecule has 0 amide bonds. The van der Waals surface area contributed by atoms with Gasteiger partial charge in [-0.05, 0) is 30.3 Å². The molecule has 5 nitrogen and oxygen atoms in total. The van der Waals surface area contributed by atoms with E-state index in [1.54, 1.807) is 18.2 Å². The number of piperazine rings is 1. The first kappa shape index (κ1) is 20.4. The molecule has 3 aromatic rings. The Hall–Kier alpha value is -2.83. The smallest absolute Gasteiger partial charge is 0.227 e. The number of benzene rings is 2. The van der Waals surface area contributed by atoms with E-state index in [1.165, 1.54) is 24.5 Å². The van der Waals surface area contributed by atoms with Gasteiger partial charge in [-0.2, -0.15) is 0 Å². The molecule has 4 rings (SSSR count). The molecule has 0 atom stereocenters. The van der Waals surface area contributed by atoms with E-state index in [0.717, 1.165) is 37.4 Å². The molecule has 0 saturated carbocycles. The van der Waals surface area contributed by atoms with Crippen molar-refractivity contribution >= 4 is 17.3 Å². The van der Waals surface area contributed by atoms with E-state index < -0.39 is 0 Å². The number of rotatable bonds is 6. The van der Waals surface area contributed by atoms with Crippen molar-refractivity contribution in [1.29, 1.82) is 0 Å². The summed E-state index contributed by atoms with van der Waals surface area (Å²) in [5, 5.41) is 0.596. The fourth-order valence-corrected chi connectivity index (χ4v) is 3.62. The quantitative estimate of drug-likeness (QED) is 0.584. The highest BCUT2D eigenvalue weighted by molar-refractivity contribution is 6.31. The Morgan fingerprint density at radius 2 is 1.77 bits per heavy atom. The minimum Gasteiger partial charge on any atom is -0.482 e. The monoisotopic (exact) mass is 428 g/mol. The lowest BCUT2D eigenvalue weighted by Gasteiger charge is -2.35. The summed E-state index contributed by atoms with van der Waals surface area (Å²) in [4.78, 5) is 16.8. The van der Waals surface area contributed by atoms with Crippen LogP contribution >= 0.6 is 11.6 Å². The van der Waals surface area contributed by atoms with Crippen LogP contribution in [-0.2, 0) is 13.2 Å². The van der Waals surface area contributed by atoms with Gasteiger partial charge in [0.1, 0.15) is 24.4 Å². The Morgan fingerprint density at radius 3 is 2.47 bits per heavy atom. The van der Waals surface area contributed by atoms with Crippen LogP contribution in [0.25, 0.3) is 0 Å². The molecule has 30 heavy (non-hydrogen) atoms. The van der Waals surface area contributed by atoms with Gasteiger partial charge in [0.25, 0.3) is 0 Å². The third-order valence-electron chi connectivity index (χ3n) is 5.14. The van der Waals surface area contributed by atoms with E-state index in [0.29, 0.717) is 17.3 Å². The highest BCUT2D eigenvalue weighted by atomic mass is 35.5. The third kappa shape index (κ3) is 5.01. The minimum absolute atomic E-state index is 0.166. The molecule has 0 bridgehead atoms. The summed E-state index contributed by atoms with van der Waals surface area (Å²) >= 11 is 6.11. The first-order valence-electron chi connectivity index (χ1n) is 9.79. The van der Waals surface area contributed by atoms with Crippen LogP contribution in [0, 0.1) is 5.82 Å². The number of halogens is 2. The minimum atomic E-state index is -0.230. The van der Waals surface area contributed by atoms with Crippen molar-refractivity contribution in [3.05, 3.63) is 93.2 Å². The molecule has 1 saturated heterocycles. The van der Waals surface area contributed by atoms with Gasteiger partial charge in [0, 0.05) is 48.5 Å². The lowest BCUT2D eigenvalue weighted by Crippen LogP contribution is -2.46. The molecule has 1 aromatic heterocycles. The lowest BCUT2D eigenvalue weighted by atomic mass is 10.2. The summed E-state index contributed by atoms with van der Waals surface area (Å²) in [7, 11) is 0. The molecule has 0 N–H and O–H groups in total. The molecule has 0 aliphatic carbocycles. The van der Waals surface area contributed by atoms with Crippen LogP contribution in [0.2, 0.25) is 5.02 Å². The van der Waals surface area contributed by atoms with Crippen molar-refractivity contribution in [1.82, 2.24) is 4.90 Å². The van der Waals surface area contributed by atoms with Crippen LogP contribution in [0.5, 0.6) is 5.75 Å². The highest BCUT2D eigenvalue weighted by Gasteiger charge is 2.18. The Bertz CT molecular complexity index is 1050. The van der Waals surface area contributed by atoms with E-state index in [2.05, 4.69) is 9.80 Å². The molecular weight excluding hydrogens is 407 g/mol. The van der Waals surface area contributed by atoms with Crippen LogP contribution < -0.4 is 15.1 Å². The van der Waals surface area contributed by atoms with Crippen molar-refractivity contribution in [2.75, 3.05) is 31.1 Å². The zero-order chi connectivity index (χ0) is 20.9. The average molecular weight is 429 g/mol. The predicted octanol–water partition coefficient (Wildman–Crippen LogP) is 4.33. The molecule has 2 aromatic carbocycles. The second-order valence-electron chi connectivity index (χ2n) is 7.19. The van der Waals surface area contributed by atoms with Gasteiger partial charge in [-0.15, -0.1) is 0 Å². The van der Waals surface area contributed by atoms with Crippen molar-refractivity contribution in [2.24, 2.45) is 0 Å².